The Hall–Kier alpha value is -1.98. The number of aliphatic hydroxyl groups excluding tert-OH is 1. The van der Waals surface area contributed by atoms with Crippen LogP contribution in [0.5, 0.6) is 0 Å². The molecule has 20 heteroatoms. The number of amides is 3. The standard InChI is InChI=1S/C11H22N4O14P2/c12-5(2-16)9(18)13-1-8(17)14-6(3-28-30(22,23)24)10(19)15-7(11(20)21)4-29-31(25,26)27/h5-7,16H,1-4,12H2,(H,13,18)(H,14,17)(H,15,19)(H,20,21)(H2,22,23,24)(H2,25,26,27)/t5-,6-,7-/m0/s1. The third-order valence-electron chi connectivity index (χ3n) is 3.04. The summed E-state index contributed by atoms with van der Waals surface area (Å²) in [5.74, 6) is -5.23. The maximum Gasteiger partial charge on any atom is 0.469 e. The van der Waals surface area contributed by atoms with Crippen LogP contribution < -0.4 is 21.7 Å². The summed E-state index contributed by atoms with van der Waals surface area (Å²) in [5.41, 5.74) is 5.20. The average Bonchev–Trinajstić information content (AvgIpc) is 2.63. The zero-order valence-electron chi connectivity index (χ0n) is 15.5. The first kappa shape index (κ1) is 29.0. The molecule has 0 radical (unpaired) electrons. The third-order valence-corrected chi connectivity index (χ3v) is 4.01. The summed E-state index contributed by atoms with van der Waals surface area (Å²) >= 11 is 0. The quantitative estimate of drug-likeness (QED) is 0.100. The lowest BCUT2D eigenvalue weighted by Crippen LogP contribution is -2.56. The van der Waals surface area contributed by atoms with Crippen molar-refractivity contribution in [3.05, 3.63) is 0 Å². The number of nitrogens with one attached hydrogen (secondary N) is 3. The molecule has 18 nitrogen and oxygen atoms in total. The van der Waals surface area contributed by atoms with Gasteiger partial charge in [0.15, 0.2) is 6.04 Å². The number of aliphatic carboxylic acids is 1. The van der Waals surface area contributed by atoms with E-state index in [1.165, 1.54) is 0 Å². The van der Waals surface area contributed by atoms with E-state index in [1.807, 2.05) is 10.6 Å². The number of phosphoric acid groups is 2. The predicted molar refractivity (Wildman–Crippen MR) is 95.6 cm³/mol. The van der Waals surface area contributed by atoms with Gasteiger partial charge in [-0.25, -0.2) is 13.9 Å². The maximum atomic E-state index is 12.2. The molecule has 0 aliphatic heterocycles. The first-order valence-electron chi connectivity index (χ1n) is 7.92. The van der Waals surface area contributed by atoms with Crippen molar-refractivity contribution in [3.8, 4) is 0 Å². The number of hydrogen-bond acceptors (Lipinski definition) is 10. The van der Waals surface area contributed by atoms with Gasteiger partial charge >= 0.3 is 21.6 Å². The van der Waals surface area contributed by atoms with E-state index in [0.717, 1.165) is 0 Å². The van der Waals surface area contributed by atoms with Crippen LogP contribution in [0.15, 0.2) is 0 Å². The number of phosphoric ester groups is 2. The molecule has 3 atom stereocenters. The van der Waals surface area contributed by atoms with Crippen LogP contribution in [0.1, 0.15) is 0 Å². The molecule has 0 bridgehead atoms. The van der Waals surface area contributed by atoms with Crippen molar-refractivity contribution in [2.24, 2.45) is 5.73 Å². The topological polar surface area (TPSA) is 304 Å². The van der Waals surface area contributed by atoms with E-state index < -0.39 is 83.8 Å². The van der Waals surface area contributed by atoms with Gasteiger partial charge < -0.3 is 51.5 Å². The lowest BCUT2D eigenvalue weighted by Gasteiger charge is -2.22. The number of aliphatic hydroxyl groups is 1. The second kappa shape index (κ2) is 12.8. The highest BCUT2D eigenvalue weighted by Gasteiger charge is 2.31. The molecule has 31 heavy (non-hydrogen) atoms. The number of hydrogen-bond donors (Lipinski definition) is 10. The fourth-order valence-corrected chi connectivity index (χ4v) is 2.29. The second-order valence-corrected chi connectivity index (χ2v) is 8.08. The molecular formula is C11H22N4O14P2. The molecule has 0 spiro atoms. The van der Waals surface area contributed by atoms with Crippen LogP contribution in [-0.2, 0) is 37.4 Å². The number of carboxylic acid groups (broad SMARTS) is 1. The molecule has 11 N–H and O–H groups in total. The SMILES string of the molecule is N[C@@H](CO)C(=O)NCC(=O)N[C@@H](COP(=O)(O)O)C(=O)N[C@@H](COP(=O)(O)O)C(=O)O. The summed E-state index contributed by atoms with van der Waals surface area (Å²) < 4.78 is 29.6. The minimum Gasteiger partial charge on any atom is -0.480 e. The van der Waals surface area contributed by atoms with Gasteiger partial charge in [-0.3, -0.25) is 23.4 Å². The van der Waals surface area contributed by atoms with Crippen LogP contribution in [0.2, 0.25) is 0 Å². The van der Waals surface area contributed by atoms with Crippen molar-refractivity contribution >= 4 is 39.3 Å². The lowest BCUT2D eigenvalue weighted by atomic mass is 10.2. The van der Waals surface area contributed by atoms with Crippen molar-refractivity contribution < 1.29 is 67.1 Å². The fourth-order valence-electron chi connectivity index (χ4n) is 1.60. The van der Waals surface area contributed by atoms with Crippen molar-refractivity contribution in [2.75, 3.05) is 26.4 Å². The van der Waals surface area contributed by atoms with Crippen molar-refractivity contribution in [1.29, 1.82) is 0 Å². The molecule has 0 aliphatic rings. The summed E-state index contributed by atoms with van der Waals surface area (Å²) in [6, 6.07) is -5.30. The first-order valence-corrected chi connectivity index (χ1v) is 11.0. The van der Waals surface area contributed by atoms with Gasteiger partial charge in [-0.15, -0.1) is 0 Å². The summed E-state index contributed by atoms with van der Waals surface area (Å²) in [4.78, 5) is 81.3. The summed E-state index contributed by atoms with van der Waals surface area (Å²) in [6.45, 7) is -3.88. The third kappa shape index (κ3) is 13.8. The molecule has 0 unspecified atom stereocenters. The monoisotopic (exact) mass is 496 g/mol. The average molecular weight is 496 g/mol. The molecule has 0 aromatic heterocycles. The fraction of sp³-hybridized carbons (Fsp3) is 0.636. The van der Waals surface area contributed by atoms with Crippen LogP contribution in [0.25, 0.3) is 0 Å². The van der Waals surface area contributed by atoms with E-state index in [-0.39, 0.29) is 0 Å². The highest BCUT2D eigenvalue weighted by molar-refractivity contribution is 7.46. The highest BCUT2D eigenvalue weighted by atomic mass is 31.2. The Morgan fingerprint density at radius 1 is 0.871 bits per heavy atom. The zero-order chi connectivity index (χ0) is 24.4. The van der Waals surface area contributed by atoms with Crippen molar-refractivity contribution in [1.82, 2.24) is 16.0 Å². The number of carbonyl (C=O) groups excluding carboxylic acids is 3. The number of rotatable bonds is 14. The minimum absolute atomic E-state index is 0.734. The number of carbonyl (C=O) groups is 4. The molecule has 0 aliphatic carbocycles. The predicted octanol–water partition coefficient (Wildman–Crippen LogP) is -5.30. The van der Waals surface area contributed by atoms with E-state index in [2.05, 4.69) is 9.05 Å². The molecule has 0 heterocycles. The molecule has 0 rings (SSSR count). The molecule has 180 valence electrons. The Labute approximate surface area is 173 Å². The second-order valence-electron chi connectivity index (χ2n) is 5.60. The van der Waals surface area contributed by atoms with Crippen molar-refractivity contribution in [3.63, 3.8) is 0 Å². The van der Waals surface area contributed by atoms with Gasteiger partial charge in [-0.1, -0.05) is 0 Å². The van der Waals surface area contributed by atoms with Crippen LogP contribution in [0.3, 0.4) is 0 Å². The molecule has 0 aromatic carbocycles. The van der Waals surface area contributed by atoms with Gasteiger partial charge in [0.2, 0.25) is 17.7 Å². The molecule has 3 amide bonds. The maximum absolute atomic E-state index is 12.2. The Kier molecular flexibility index (Phi) is 12.0. The van der Waals surface area contributed by atoms with E-state index in [9.17, 15) is 28.3 Å². The largest absolute Gasteiger partial charge is 0.480 e. The molecular weight excluding hydrogens is 474 g/mol. The summed E-state index contributed by atoms with van der Waals surface area (Å²) in [5, 5.41) is 23.3. The molecule has 0 saturated heterocycles. The summed E-state index contributed by atoms with van der Waals surface area (Å²) in [7, 11) is -10.2. The summed E-state index contributed by atoms with van der Waals surface area (Å²) in [6.07, 6.45) is 0. The molecule has 0 aromatic rings. The van der Waals surface area contributed by atoms with Gasteiger partial charge in [-0.2, -0.15) is 0 Å². The minimum atomic E-state index is -5.13. The van der Waals surface area contributed by atoms with Crippen LogP contribution in [0.4, 0.5) is 0 Å². The normalized spacial score (nSPS) is 14.8. The molecule has 0 saturated carbocycles. The molecule has 0 fully saturated rings. The van der Waals surface area contributed by atoms with E-state index in [0.29, 0.717) is 0 Å². The van der Waals surface area contributed by atoms with Gasteiger partial charge in [0.1, 0.15) is 12.1 Å². The van der Waals surface area contributed by atoms with Crippen LogP contribution >= 0.6 is 15.6 Å². The Morgan fingerprint density at radius 2 is 1.35 bits per heavy atom. The van der Waals surface area contributed by atoms with Gasteiger partial charge in [0.05, 0.1) is 26.4 Å². The van der Waals surface area contributed by atoms with E-state index in [1.54, 1.807) is 5.32 Å². The Morgan fingerprint density at radius 3 is 1.77 bits per heavy atom. The van der Waals surface area contributed by atoms with E-state index >= 15 is 0 Å². The Balaban J connectivity index is 5.19. The smallest absolute Gasteiger partial charge is 0.469 e. The Bertz CT molecular complexity index is 751. The van der Waals surface area contributed by atoms with Crippen LogP contribution in [0, 0.1) is 0 Å². The zero-order valence-corrected chi connectivity index (χ0v) is 17.3. The van der Waals surface area contributed by atoms with Gasteiger partial charge in [0, 0.05) is 0 Å². The van der Waals surface area contributed by atoms with Gasteiger partial charge in [0.25, 0.3) is 0 Å². The van der Waals surface area contributed by atoms with Crippen molar-refractivity contribution in [2.45, 2.75) is 18.1 Å². The van der Waals surface area contributed by atoms with Crippen LogP contribution in [-0.4, -0.2) is 98.0 Å². The lowest BCUT2D eigenvalue weighted by molar-refractivity contribution is -0.143. The number of carboxylic acids is 1. The van der Waals surface area contributed by atoms with E-state index in [4.69, 9.17) is 35.5 Å². The number of nitrogens with two attached hydrogens (primary N) is 1. The highest BCUT2D eigenvalue weighted by Crippen LogP contribution is 2.36. The first-order chi connectivity index (χ1) is 14.1. The van der Waals surface area contributed by atoms with Gasteiger partial charge in [-0.05, 0) is 0 Å².